The Kier molecular flexibility index (Phi) is 7.25. The van der Waals surface area contributed by atoms with Crippen LogP contribution in [0, 0.1) is 5.82 Å². The van der Waals surface area contributed by atoms with Crippen LogP contribution in [0.2, 0.25) is 0 Å². The lowest BCUT2D eigenvalue weighted by molar-refractivity contribution is -0.161. The van der Waals surface area contributed by atoms with Crippen LogP contribution in [-0.4, -0.2) is 71.5 Å². The van der Waals surface area contributed by atoms with E-state index in [0.717, 1.165) is 25.8 Å². The number of carbonyl (C=O) groups is 1. The highest BCUT2D eigenvalue weighted by Crippen LogP contribution is 2.30. The van der Waals surface area contributed by atoms with Crippen molar-refractivity contribution in [1.29, 1.82) is 0 Å². The number of fused-ring (bicyclic) bond motifs is 2. The molecule has 3 heterocycles. The first-order valence-electron chi connectivity index (χ1n) is 12.3. The van der Waals surface area contributed by atoms with Crippen molar-refractivity contribution in [3.05, 3.63) is 71.0 Å². The first-order chi connectivity index (χ1) is 16.6. The molecule has 3 aliphatic rings. The number of hydrogen-bond acceptors (Lipinski definition) is 5. The van der Waals surface area contributed by atoms with Crippen molar-refractivity contribution >= 4 is 5.91 Å². The zero-order valence-electron chi connectivity index (χ0n) is 19.4. The van der Waals surface area contributed by atoms with Crippen molar-refractivity contribution in [1.82, 2.24) is 9.80 Å². The summed E-state index contributed by atoms with van der Waals surface area (Å²) < 4.78 is 26.5. The van der Waals surface area contributed by atoms with E-state index in [4.69, 9.17) is 9.47 Å². The fourth-order valence-electron chi connectivity index (χ4n) is 5.51. The van der Waals surface area contributed by atoms with Crippen molar-refractivity contribution in [3.8, 4) is 0 Å². The summed E-state index contributed by atoms with van der Waals surface area (Å²) in [5.41, 5.74) is 3.16. The monoisotopic (exact) mass is 468 g/mol. The molecule has 34 heavy (non-hydrogen) atoms. The van der Waals surface area contributed by atoms with Crippen molar-refractivity contribution in [3.63, 3.8) is 0 Å². The molecule has 0 radical (unpaired) electrons. The van der Waals surface area contributed by atoms with E-state index in [-0.39, 0.29) is 36.6 Å². The van der Waals surface area contributed by atoms with Gasteiger partial charge in [0.05, 0.1) is 37.9 Å². The number of carbonyl (C=O) groups excluding carboxylic acids is 1. The zero-order chi connectivity index (χ0) is 23.5. The normalized spacial score (nSPS) is 27.9. The van der Waals surface area contributed by atoms with Crippen molar-refractivity contribution in [2.24, 2.45) is 0 Å². The van der Waals surface area contributed by atoms with Crippen molar-refractivity contribution in [2.75, 3.05) is 26.3 Å². The lowest BCUT2D eigenvalue weighted by Gasteiger charge is -2.44. The van der Waals surface area contributed by atoms with Crippen molar-refractivity contribution in [2.45, 2.75) is 63.1 Å². The Morgan fingerprint density at radius 1 is 1.06 bits per heavy atom. The minimum absolute atomic E-state index is 0.00257. The Morgan fingerprint density at radius 2 is 1.85 bits per heavy atom. The Morgan fingerprint density at radius 3 is 2.71 bits per heavy atom. The van der Waals surface area contributed by atoms with Gasteiger partial charge in [-0.05, 0) is 36.5 Å². The van der Waals surface area contributed by atoms with E-state index in [1.54, 1.807) is 12.1 Å². The van der Waals surface area contributed by atoms with E-state index >= 15 is 0 Å². The largest absolute Gasteiger partial charge is 0.389 e. The molecule has 0 aromatic heterocycles. The summed E-state index contributed by atoms with van der Waals surface area (Å²) in [6.45, 7) is 2.78. The lowest BCUT2D eigenvalue weighted by atomic mass is 9.93. The number of nitrogens with zero attached hydrogens (tertiary/aromatic N) is 2. The number of ether oxygens (including phenoxy) is 2. The van der Waals surface area contributed by atoms with Gasteiger partial charge in [-0.2, -0.15) is 0 Å². The fraction of sp³-hybridized carbons (Fsp3) is 0.519. The summed E-state index contributed by atoms with van der Waals surface area (Å²) in [6.07, 6.45) is 1.81. The van der Waals surface area contributed by atoms with Gasteiger partial charge in [0.25, 0.3) is 0 Å². The van der Waals surface area contributed by atoms with Gasteiger partial charge in [-0.15, -0.1) is 0 Å². The Balaban J connectivity index is 1.23. The molecule has 2 aromatic rings. The van der Waals surface area contributed by atoms with Gasteiger partial charge in [0, 0.05) is 37.8 Å². The molecule has 0 saturated carbocycles. The molecule has 2 saturated heterocycles. The second-order valence-corrected chi connectivity index (χ2v) is 9.69. The topological polar surface area (TPSA) is 62.2 Å². The van der Waals surface area contributed by atoms with Crippen LogP contribution >= 0.6 is 0 Å². The van der Waals surface area contributed by atoms with Crippen LogP contribution in [0.3, 0.4) is 0 Å². The van der Waals surface area contributed by atoms with Crippen LogP contribution in [0.15, 0.2) is 48.5 Å². The molecule has 0 spiro atoms. The number of benzene rings is 2. The van der Waals surface area contributed by atoms with Gasteiger partial charge < -0.3 is 19.5 Å². The van der Waals surface area contributed by atoms with E-state index in [9.17, 15) is 14.3 Å². The van der Waals surface area contributed by atoms with E-state index in [2.05, 4.69) is 17.0 Å². The Bertz CT molecular complexity index is 1000. The number of aliphatic hydroxyl groups excluding tert-OH is 1. The van der Waals surface area contributed by atoms with E-state index in [1.165, 1.54) is 17.2 Å². The van der Waals surface area contributed by atoms with Crippen LogP contribution in [0.4, 0.5) is 4.39 Å². The van der Waals surface area contributed by atoms with Crippen molar-refractivity contribution < 1.29 is 23.8 Å². The maximum Gasteiger partial charge on any atom is 0.225 e. The van der Waals surface area contributed by atoms with Gasteiger partial charge in [0.15, 0.2) is 0 Å². The second kappa shape index (κ2) is 10.5. The standard InChI is InChI=1S/C27H33FN2O4/c28-24-8-4-3-7-21(24)15-30-16-22(31)17-33-18-26-25(30)10-9-23(34-26)13-27(32)29-12-11-19-5-1-2-6-20(19)14-29/h1-8,22-23,25-26,31H,9-18H2/t22-,23+,25+,26-/m1/s1. The lowest BCUT2D eigenvalue weighted by Crippen LogP contribution is -2.55. The van der Waals surface area contributed by atoms with Gasteiger partial charge in [0.2, 0.25) is 5.91 Å². The highest BCUT2D eigenvalue weighted by molar-refractivity contribution is 5.77. The molecule has 7 heteroatoms. The summed E-state index contributed by atoms with van der Waals surface area (Å²) in [5.74, 6) is -0.112. The quantitative estimate of drug-likeness (QED) is 0.748. The average Bonchev–Trinajstić information content (AvgIpc) is 2.84. The van der Waals surface area contributed by atoms with Gasteiger partial charge in [0.1, 0.15) is 5.82 Å². The molecular weight excluding hydrogens is 435 g/mol. The summed E-state index contributed by atoms with van der Waals surface area (Å²) in [4.78, 5) is 17.1. The second-order valence-electron chi connectivity index (χ2n) is 9.69. The average molecular weight is 469 g/mol. The van der Waals surface area contributed by atoms with Crippen LogP contribution < -0.4 is 0 Å². The van der Waals surface area contributed by atoms with Crippen LogP contribution in [0.1, 0.15) is 36.0 Å². The van der Waals surface area contributed by atoms with E-state index in [0.29, 0.717) is 38.2 Å². The van der Waals surface area contributed by atoms with Crippen LogP contribution in [-0.2, 0) is 33.8 Å². The number of aliphatic hydroxyl groups is 1. The third kappa shape index (κ3) is 5.33. The third-order valence-electron chi connectivity index (χ3n) is 7.30. The summed E-state index contributed by atoms with van der Waals surface area (Å²) in [6, 6.07) is 15.1. The SMILES string of the molecule is O=C(C[C@@H]1CC[C@H]2[C@@H](COC[C@H](O)CN2Cc2ccccc2F)O1)N1CCc2ccccc2C1. The van der Waals surface area contributed by atoms with Gasteiger partial charge in [-0.25, -0.2) is 4.39 Å². The van der Waals surface area contributed by atoms with Gasteiger partial charge in [-0.1, -0.05) is 42.5 Å². The third-order valence-corrected chi connectivity index (χ3v) is 7.30. The molecule has 1 amide bonds. The molecule has 3 aliphatic heterocycles. The maximum absolute atomic E-state index is 14.3. The molecular formula is C27H33FN2O4. The first-order valence-corrected chi connectivity index (χ1v) is 12.3. The molecule has 2 fully saturated rings. The van der Waals surface area contributed by atoms with E-state index in [1.807, 2.05) is 23.1 Å². The Hall–Kier alpha value is -2.32. The summed E-state index contributed by atoms with van der Waals surface area (Å²) in [5, 5.41) is 10.4. The molecule has 0 unspecified atom stereocenters. The predicted molar refractivity (Wildman–Crippen MR) is 125 cm³/mol. The van der Waals surface area contributed by atoms with E-state index < -0.39 is 6.10 Å². The Labute approximate surface area is 200 Å². The molecule has 182 valence electrons. The predicted octanol–water partition coefficient (Wildman–Crippen LogP) is 2.91. The summed E-state index contributed by atoms with van der Waals surface area (Å²) >= 11 is 0. The van der Waals surface area contributed by atoms with Crippen LogP contribution in [0.5, 0.6) is 0 Å². The zero-order valence-corrected chi connectivity index (χ0v) is 19.4. The molecule has 1 N–H and O–H groups in total. The molecule has 2 aromatic carbocycles. The minimum atomic E-state index is -0.631. The number of β-amino-alcohol motifs (C(OH)–C–C–N with tert-alkyl or cyclic N) is 1. The molecule has 0 bridgehead atoms. The number of amides is 1. The van der Waals surface area contributed by atoms with Gasteiger partial charge in [-0.3, -0.25) is 9.69 Å². The molecule has 4 atom stereocenters. The van der Waals surface area contributed by atoms with Crippen LogP contribution in [0.25, 0.3) is 0 Å². The fourth-order valence-corrected chi connectivity index (χ4v) is 5.51. The molecule has 5 rings (SSSR count). The molecule has 0 aliphatic carbocycles. The highest BCUT2D eigenvalue weighted by atomic mass is 19.1. The number of rotatable bonds is 4. The number of hydrogen-bond donors (Lipinski definition) is 1. The first kappa shape index (κ1) is 23.4. The highest BCUT2D eigenvalue weighted by Gasteiger charge is 2.38. The number of halogens is 1. The molecule has 6 nitrogen and oxygen atoms in total. The maximum atomic E-state index is 14.3. The van der Waals surface area contributed by atoms with Gasteiger partial charge >= 0.3 is 0 Å². The summed E-state index contributed by atoms with van der Waals surface area (Å²) in [7, 11) is 0. The smallest absolute Gasteiger partial charge is 0.225 e. The minimum Gasteiger partial charge on any atom is -0.389 e.